The Balaban J connectivity index is 1.83. The maximum atomic E-state index is 6.40. The number of nitrogens with zero attached hydrogens (tertiary/aromatic N) is 3. The number of anilines is 1. The number of benzene rings is 2. The average molecular weight is 346 g/mol. The molecule has 0 saturated heterocycles. The fourth-order valence-corrected chi connectivity index (χ4v) is 2.93. The van der Waals surface area contributed by atoms with Gasteiger partial charge in [-0.15, -0.1) is 0 Å². The van der Waals surface area contributed by atoms with E-state index in [4.69, 9.17) is 15.2 Å². The second-order valence-corrected chi connectivity index (χ2v) is 5.79. The number of methoxy groups -OCH3 is 2. The molecule has 0 atom stereocenters. The molecule has 0 aliphatic heterocycles. The molecule has 0 unspecified atom stereocenters. The second kappa shape index (κ2) is 6.40. The molecule has 2 aromatic carbocycles. The van der Waals surface area contributed by atoms with E-state index in [1.165, 1.54) is 0 Å². The summed E-state index contributed by atoms with van der Waals surface area (Å²) in [6.45, 7) is 0. The molecule has 4 rings (SSSR count). The number of hydrogen-bond acceptors (Lipinski definition) is 5. The maximum absolute atomic E-state index is 6.40. The lowest BCUT2D eigenvalue weighted by Crippen LogP contribution is -2.03. The molecule has 4 aromatic rings. The minimum absolute atomic E-state index is 0.513. The van der Waals surface area contributed by atoms with Gasteiger partial charge in [-0.1, -0.05) is 18.2 Å². The molecule has 2 heterocycles. The van der Waals surface area contributed by atoms with Crippen LogP contribution in [0, 0.1) is 0 Å². The van der Waals surface area contributed by atoms with Crippen LogP contribution in [-0.2, 0) is 0 Å². The van der Waals surface area contributed by atoms with Gasteiger partial charge in [0, 0.05) is 29.0 Å². The van der Waals surface area contributed by atoms with Gasteiger partial charge in [0.25, 0.3) is 0 Å². The van der Waals surface area contributed by atoms with Crippen LogP contribution < -0.4 is 15.2 Å². The Labute approximate surface area is 150 Å². The number of nitrogens with two attached hydrogens (primary N) is 1. The molecule has 0 fully saturated rings. The number of ether oxygens (including phenoxy) is 2. The van der Waals surface area contributed by atoms with Crippen LogP contribution in [0.15, 0.2) is 60.8 Å². The Bertz CT molecular complexity index is 1070. The van der Waals surface area contributed by atoms with E-state index in [0.717, 1.165) is 33.9 Å². The number of hydrogen-bond donors (Lipinski definition) is 1. The minimum Gasteiger partial charge on any atom is -0.497 e. The van der Waals surface area contributed by atoms with Gasteiger partial charge >= 0.3 is 0 Å². The van der Waals surface area contributed by atoms with Gasteiger partial charge in [-0.2, -0.15) is 9.61 Å². The molecule has 0 bridgehead atoms. The zero-order valence-electron chi connectivity index (χ0n) is 14.5. The zero-order valence-corrected chi connectivity index (χ0v) is 14.5. The van der Waals surface area contributed by atoms with E-state index < -0.39 is 0 Å². The van der Waals surface area contributed by atoms with Crippen LogP contribution in [0.4, 0.5) is 5.82 Å². The summed E-state index contributed by atoms with van der Waals surface area (Å²) in [5.74, 6) is 2.05. The Morgan fingerprint density at radius 2 is 1.69 bits per heavy atom. The fraction of sp³-hybridized carbons (Fsp3) is 0.100. The van der Waals surface area contributed by atoms with Crippen molar-refractivity contribution in [1.82, 2.24) is 14.6 Å². The fourth-order valence-electron chi connectivity index (χ4n) is 2.93. The SMILES string of the molecule is COc1ccc(-c2cc3ncc(-c4ccccc4OC)c(N)n3n2)cc1. The van der Waals surface area contributed by atoms with Crippen LogP contribution in [0.25, 0.3) is 28.0 Å². The van der Waals surface area contributed by atoms with Crippen molar-refractivity contribution in [3.63, 3.8) is 0 Å². The normalized spacial score (nSPS) is 10.8. The highest BCUT2D eigenvalue weighted by molar-refractivity contribution is 5.80. The van der Waals surface area contributed by atoms with Crippen LogP contribution in [0.3, 0.4) is 0 Å². The molecule has 0 amide bonds. The van der Waals surface area contributed by atoms with Crippen LogP contribution in [0.5, 0.6) is 11.5 Å². The van der Waals surface area contributed by atoms with Crippen LogP contribution in [0.2, 0.25) is 0 Å². The predicted octanol–water partition coefficient (Wildman–Crippen LogP) is 3.66. The summed E-state index contributed by atoms with van der Waals surface area (Å²) in [7, 11) is 3.28. The van der Waals surface area contributed by atoms with Crippen molar-refractivity contribution in [1.29, 1.82) is 0 Å². The van der Waals surface area contributed by atoms with Gasteiger partial charge in [-0.25, -0.2) is 4.98 Å². The summed E-state index contributed by atoms with van der Waals surface area (Å²) >= 11 is 0. The van der Waals surface area contributed by atoms with E-state index in [1.54, 1.807) is 24.9 Å². The monoisotopic (exact) mass is 346 g/mol. The van der Waals surface area contributed by atoms with Crippen LogP contribution in [0.1, 0.15) is 0 Å². The summed E-state index contributed by atoms with van der Waals surface area (Å²) in [6.07, 6.45) is 1.75. The van der Waals surface area contributed by atoms with Crippen molar-refractivity contribution < 1.29 is 9.47 Å². The molecular weight excluding hydrogens is 328 g/mol. The summed E-state index contributed by atoms with van der Waals surface area (Å²) in [6, 6.07) is 17.3. The van der Waals surface area contributed by atoms with Gasteiger partial charge in [-0.3, -0.25) is 0 Å². The summed E-state index contributed by atoms with van der Waals surface area (Å²) < 4.78 is 12.3. The second-order valence-electron chi connectivity index (χ2n) is 5.79. The first-order chi connectivity index (χ1) is 12.7. The first kappa shape index (κ1) is 16.0. The third-order valence-electron chi connectivity index (χ3n) is 4.30. The highest BCUT2D eigenvalue weighted by Gasteiger charge is 2.14. The Morgan fingerprint density at radius 1 is 0.923 bits per heavy atom. The number of para-hydroxylation sites is 1. The molecule has 6 heteroatoms. The van der Waals surface area contributed by atoms with Gasteiger partial charge < -0.3 is 15.2 Å². The summed E-state index contributed by atoms with van der Waals surface area (Å²) in [4.78, 5) is 4.51. The van der Waals surface area contributed by atoms with Gasteiger partial charge in [-0.05, 0) is 30.3 Å². The van der Waals surface area contributed by atoms with Crippen molar-refractivity contribution in [2.24, 2.45) is 0 Å². The molecule has 2 N–H and O–H groups in total. The van der Waals surface area contributed by atoms with Crippen molar-refractivity contribution >= 4 is 11.5 Å². The summed E-state index contributed by atoms with van der Waals surface area (Å²) in [5.41, 5.74) is 10.5. The van der Waals surface area contributed by atoms with Gasteiger partial charge in [0.15, 0.2) is 5.65 Å². The first-order valence-electron chi connectivity index (χ1n) is 8.13. The number of aromatic nitrogens is 3. The van der Waals surface area contributed by atoms with E-state index in [2.05, 4.69) is 10.1 Å². The van der Waals surface area contributed by atoms with Gasteiger partial charge in [0.1, 0.15) is 17.3 Å². The summed E-state index contributed by atoms with van der Waals surface area (Å²) in [5, 5.41) is 4.63. The predicted molar refractivity (Wildman–Crippen MR) is 101 cm³/mol. The smallest absolute Gasteiger partial charge is 0.157 e. The molecule has 0 aliphatic rings. The molecule has 2 aromatic heterocycles. The Kier molecular flexibility index (Phi) is 3.93. The average Bonchev–Trinajstić information content (AvgIpc) is 3.14. The Hall–Kier alpha value is -3.54. The molecular formula is C20H18N4O2. The lowest BCUT2D eigenvalue weighted by Gasteiger charge is -2.10. The molecule has 0 saturated carbocycles. The van der Waals surface area contributed by atoms with E-state index in [-0.39, 0.29) is 0 Å². The highest BCUT2D eigenvalue weighted by Crippen LogP contribution is 2.33. The number of nitrogen functional groups attached to an aromatic ring is 1. The first-order valence-corrected chi connectivity index (χ1v) is 8.13. The quantitative estimate of drug-likeness (QED) is 0.610. The molecule has 130 valence electrons. The Morgan fingerprint density at radius 3 is 2.42 bits per heavy atom. The molecule has 6 nitrogen and oxygen atoms in total. The molecule has 0 radical (unpaired) electrons. The number of fused-ring (bicyclic) bond motifs is 1. The third kappa shape index (κ3) is 2.61. The minimum atomic E-state index is 0.513. The molecule has 0 aliphatic carbocycles. The van der Waals surface area contributed by atoms with E-state index in [1.807, 2.05) is 54.6 Å². The lowest BCUT2D eigenvalue weighted by atomic mass is 10.1. The van der Waals surface area contributed by atoms with Gasteiger partial charge in [0.05, 0.1) is 19.9 Å². The maximum Gasteiger partial charge on any atom is 0.157 e. The lowest BCUT2D eigenvalue weighted by molar-refractivity contribution is 0.415. The standard InChI is InChI=1S/C20H18N4O2/c1-25-14-9-7-13(8-10-14)17-11-19-22-12-16(20(21)24(19)23-17)15-5-3-4-6-18(15)26-2/h3-12H,21H2,1-2H3. The third-order valence-corrected chi connectivity index (χ3v) is 4.30. The van der Waals surface area contributed by atoms with Crippen LogP contribution >= 0.6 is 0 Å². The zero-order chi connectivity index (χ0) is 18.1. The van der Waals surface area contributed by atoms with Gasteiger partial charge in [0.2, 0.25) is 0 Å². The molecule has 26 heavy (non-hydrogen) atoms. The van der Waals surface area contributed by atoms with E-state index in [9.17, 15) is 0 Å². The number of rotatable bonds is 4. The topological polar surface area (TPSA) is 74.7 Å². The van der Waals surface area contributed by atoms with Crippen molar-refractivity contribution in [3.8, 4) is 33.9 Å². The van der Waals surface area contributed by atoms with E-state index >= 15 is 0 Å². The van der Waals surface area contributed by atoms with Crippen molar-refractivity contribution in [2.45, 2.75) is 0 Å². The molecule has 0 spiro atoms. The van der Waals surface area contributed by atoms with Crippen LogP contribution in [-0.4, -0.2) is 28.8 Å². The largest absolute Gasteiger partial charge is 0.497 e. The van der Waals surface area contributed by atoms with Crippen molar-refractivity contribution in [2.75, 3.05) is 20.0 Å². The van der Waals surface area contributed by atoms with Crippen molar-refractivity contribution in [3.05, 3.63) is 60.8 Å². The van der Waals surface area contributed by atoms with E-state index in [0.29, 0.717) is 11.5 Å². The highest BCUT2D eigenvalue weighted by atomic mass is 16.5.